The predicted octanol–water partition coefficient (Wildman–Crippen LogP) is 1.03. The smallest absolute Gasteiger partial charge is 0.337 e. The summed E-state index contributed by atoms with van der Waals surface area (Å²) in [7, 11) is 0. The number of rotatable bonds is 4. The van der Waals surface area contributed by atoms with E-state index in [9.17, 15) is 19.5 Å². The Labute approximate surface area is 121 Å². The zero-order valence-electron chi connectivity index (χ0n) is 11.6. The van der Waals surface area contributed by atoms with Crippen molar-refractivity contribution < 1.29 is 19.5 Å². The van der Waals surface area contributed by atoms with Crippen molar-refractivity contribution in [3.63, 3.8) is 0 Å². The Hall–Kier alpha value is -2.41. The number of nitrogens with one attached hydrogen (secondary N) is 3. The van der Waals surface area contributed by atoms with Crippen LogP contribution in [0.25, 0.3) is 0 Å². The van der Waals surface area contributed by atoms with Gasteiger partial charge >= 0.3 is 5.97 Å². The van der Waals surface area contributed by atoms with Crippen LogP contribution in [0.2, 0.25) is 0 Å². The molecule has 0 saturated carbocycles. The summed E-state index contributed by atoms with van der Waals surface area (Å²) < 4.78 is 0. The van der Waals surface area contributed by atoms with E-state index in [4.69, 9.17) is 0 Å². The number of carbonyl (C=O) groups is 3. The van der Waals surface area contributed by atoms with E-state index in [2.05, 4.69) is 16.0 Å². The summed E-state index contributed by atoms with van der Waals surface area (Å²) in [5, 5.41) is 17.4. The van der Waals surface area contributed by atoms with E-state index in [-0.39, 0.29) is 29.1 Å². The molecule has 1 atom stereocenters. The van der Waals surface area contributed by atoms with Crippen LogP contribution in [0.3, 0.4) is 0 Å². The molecule has 0 unspecified atom stereocenters. The van der Waals surface area contributed by atoms with Gasteiger partial charge in [-0.25, -0.2) is 4.79 Å². The molecule has 7 heteroatoms. The second-order valence-corrected chi connectivity index (χ2v) is 4.88. The summed E-state index contributed by atoms with van der Waals surface area (Å²) in [4.78, 5) is 34.3. The van der Waals surface area contributed by atoms with E-state index in [0.717, 1.165) is 19.4 Å². The third kappa shape index (κ3) is 3.79. The second-order valence-electron chi connectivity index (χ2n) is 4.88. The lowest BCUT2D eigenvalue weighted by Crippen LogP contribution is -2.35. The SMILES string of the molecule is CC(=O)Nc1ccc(NC(=O)[C@H]2CCCN2)c(C(=O)O)c1. The highest BCUT2D eigenvalue weighted by molar-refractivity contribution is 6.03. The van der Waals surface area contributed by atoms with E-state index in [0.29, 0.717) is 5.69 Å². The topological polar surface area (TPSA) is 108 Å². The van der Waals surface area contributed by atoms with Crippen LogP contribution in [0.5, 0.6) is 0 Å². The van der Waals surface area contributed by atoms with E-state index < -0.39 is 5.97 Å². The number of aromatic carboxylic acids is 1. The van der Waals surface area contributed by atoms with Crippen LogP contribution in [0, 0.1) is 0 Å². The van der Waals surface area contributed by atoms with Crippen molar-refractivity contribution in [3.8, 4) is 0 Å². The van der Waals surface area contributed by atoms with Gasteiger partial charge in [0.2, 0.25) is 11.8 Å². The average Bonchev–Trinajstić information content (AvgIpc) is 2.93. The van der Waals surface area contributed by atoms with Crippen LogP contribution < -0.4 is 16.0 Å². The molecule has 1 aromatic carbocycles. The summed E-state index contributed by atoms with van der Waals surface area (Å²) >= 11 is 0. The van der Waals surface area contributed by atoms with Crippen molar-refractivity contribution in [1.29, 1.82) is 0 Å². The first-order chi connectivity index (χ1) is 9.97. The van der Waals surface area contributed by atoms with Crippen molar-refractivity contribution in [3.05, 3.63) is 23.8 Å². The first-order valence-corrected chi connectivity index (χ1v) is 6.66. The van der Waals surface area contributed by atoms with Gasteiger partial charge < -0.3 is 21.1 Å². The van der Waals surface area contributed by atoms with E-state index in [1.165, 1.54) is 19.1 Å². The summed E-state index contributed by atoms with van der Waals surface area (Å²) in [6.07, 6.45) is 1.66. The first kappa shape index (κ1) is 15.0. The van der Waals surface area contributed by atoms with Gasteiger partial charge in [-0.1, -0.05) is 0 Å². The van der Waals surface area contributed by atoms with Crippen LogP contribution in [0.15, 0.2) is 18.2 Å². The zero-order chi connectivity index (χ0) is 15.4. The van der Waals surface area contributed by atoms with Crippen molar-refractivity contribution >= 4 is 29.2 Å². The number of amides is 2. The number of carboxylic acids is 1. The highest BCUT2D eigenvalue weighted by Gasteiger charge is 2.23. The number of hydrogen-bond acceptors (Lipinski definition) is 4. The minimum absolute atomic E-state index is 0.0624. The molecular weight excluding hydrogens is 274 g/mol. The maximum Gasteiger partial charge on any atom is 0.337 e. The molecule has 0 aliphatic carbocycles. The molecule has 112 valence electrons. The van der Waals surface area contributed by atoms with Crippen LogP contribution >= 0.6 is 0 Å². The quantitative estimate of drug-likeness (QED) is 0.663. The van der Waals surface area contributed by atoms with E-state index in [1.54, 1.807) is 6.07 Å². The standard InChI is InChI=1S/C14H17N3O4/c1-8(18)16-9-4-5-11(10(7-9)14(20)21)17-13(19)12-3-2-6-15-12/h4-5,7,12,15H,2-3,6H2,1H3,(H,16,18)(H,17,19)(H,20,21)/t12-/m1/s1. The fraction of sp³-hybridized carbons (Fsp3) is 0.357. The maximum atomic E-state index is 12.0. The fourth-order valence-corrected chi connectivity index (χ4v) is 2.24. The van der Waals surface area contributed by atoms with Gasteiger partial charge in [-0.3, -0.25) is 9.59 Å². The molecule has 1 aliphatic rings. The van der Waals surface area contributed by atoms with Crippen LogP contribution in [0.4, 0.5) is 11.4 Å². The van der Waals surface area contributed by atoms with Gasteiger partial charge in [-0.15, -0.1) is 0 Å². The molecule has 4 N–H and O–H groups in total. The van der Waals surface area contributed by atoms with E-state index >= 15 is 0 Å². The molecule has 21 heavy (non-hydrogen) atoms. The molecule has 2 rings (SSSR count). The zero-order valence-corrected chi connectivity index (χ0v) is 11.6. The molecule has 0 radical (unpaired) electrons. The summed E-state index contributed by atoms with van der Waals surface area (Å²) in [5.74, 6) is -1.71. The Morgan fingerprint density at radius 2 is 2.05 bits per heavy atom. The normalized spacial score (nSPS) is 17.3. The second kappa shape index (κ2) is 6.36. The molecule has 7 nitrogen and oxygen atoms in total. The van der Waals surface area contributed by atoms with Gasteiger partial charge in [0, 0.05) is 12.6 Å². The Bertz CT molecular complexity index is 580. The van der Waals surface area contributed by atoms with Crippen LogP contribution in [-0.4, -0.2) is 35.5 Å². The third-order valence-corrected chi connectivity index (χ3v) is 3.21. The summed E-state index contributed by atoms with van der Waals surface area (Å²) in [5.41, 5.74) is 0.528. The van der Waals surface area contributed by atoms with Crippen molar-refractivity contribution in [2.45, 2.75) is 25.8 Å². The van der Waals surface area contributed by atoms with Crippen molar-refractivity contribution in [1.82, 2.24) is 5.32 Å². The molecule has 0 aromatic heterocycles. The van der Waals surface area contributed by atoms with Gasteiger partial charge in [-0.05, 0) is 37.6 Å². The number of anilines is 2. The van der Waals surface area contributed by atoms with E-state index in [1.807, 2.05) is 0 Å². The minimum atomic E-state index is -1.17. The Kier molecular flexibility index (Phi) is 4.54. The largest absolute Gasteiger partial charge is 0.478 e. The van der Waals surface area contributed by atoms with Crippen molar-refractivity contribution in [2.24, 2.45) is 0 Å². The monoisotopic (exact) mass is 291 g/mol. The van der Waals surface area contributed by atoms with Crippen LogP contribution in [-0.2, 0) is 9.59 Å². The highest BCUT2D eigenvalue weighted by Crippen LogP contribution is 2.21. The van der Waals surface area contributed by atoms with Gasteiger partial charge in [0.25, 0.3) is 0 Å². The lowest BCUT2D eigenvalue weighted by atomic mass is 10.1. The van der Waals surface area contributed by atoms with Crippen molar-refractivity contribution in [2.75, 3.05) is 17.2 Å². The van der Waals surface area contributed by atoms with Crippen LogP contribution in [0.1, 0.15) is 30.1 Å². The predicted molar refractivity (Wildman–Crippen MR) is 77.4 cm³/mol. The Morgan fingerprint density at radius 3 is 2.62 bits per heavy atom. The summed E-state index contributed by atoms with van der Waals surface area (Å²) in [6.45, 7) is 2.12. The van der Waals surface area contributed by atoms with Gasteiger partial charge in [0.1, 0.15) is 0 Å². The molecule has 1 aliphatic heterocycles. The average molecular weight is 291 g/mol. The lowest BCUT2D eigenvalue weighted by molar-refractivity contribution is -0.118. The molecule has 1 heterocycles. The molecular formula is C14H17N3O4. The Balaban J connectivity index is 2.19. The highest BCUT2D eigenvalue weighted by atomic mass is 16.4. The molecule has 0 spiro atoms. The number of carbonyl (C=O) groups excluding carboxylic acids is 2. The van der Waals surface area contributed by atoms with Gasteiger partial charge in [0.15, 0.2) is 0 Å². The Morgan fingerprint density at radius 1 is 1.29 bits per heavy atom. The number of benzene rings is 1. The molecule has 1 saturated heterocycles. The first-order valence-electron chi connectivity index (χ1n) is 6.66. The maximum absolute atomic E-state index is 12.0. The number of hydrogen-bond donors (Lipinski definition) is 4. The molecule has 0 bridgehead atoms. The number of carboxylic acid groups (broad SMARTS) is 1. The lowest BCUT2D eigenvalue weighted by Gasteiger charge is -2.14. The molecule has 1 fully saturated rings. The molecule has 2 amide bonds. The minimum Gasteiger partial charge on any atom is -0.478 e. The fourth-order valence-electron chi connectivity index (χ4n) is 2.24. The summed E-state index contributed by atoms with van der Waals surface area (Å²) in [6, 6.07) is 4.05. The molecule has 1 aromatic rings. The third-order valence-electron chi connectivity index (χ3n) is 3.21. The van der Waals surface area contributed by atoms with Gasteiger partial charge in [0.05, 0.1) is 17.3 Å². The van der Waals surface area contributed by atoms with Gasteiger partial charge in [-0.2, -0.15) is 0 Å².